The lowest BCUT2D eigenvalue weighted by atomic mass is 9.64. The average Bonchev–Trinajstić information content (AvgIpc) is 3.63. The molecule has 2 bridgehead atoms. The van der Waals surface area contributed by atoms with Crippen LogP contribution in [0.15, 0.2) is 66.2 Å². The van der Waals surface area contributed by atoms with Crippen LogP contribution >= 0.6 is 11.3 Å². The van der Waals surface area contributed by atoms with Gasteiger partial charge in [-0.2, -0.15) is 0 Å². The first-order valence-corrected chi connectivity index (χ1v) is 18.3. The Balaban J connectivity index is 1.53. The molecule has 1 saturated carbocycles. The summed E-state index contributed by atoms with van der Waals surface area (Å²) in [5, 5.41) is 26.8. The number of aliphatic hydroxyl groups excluding tert-OH is 1. The number of ketones is 1. The van der Waals surface area contributed by atoms with Crippen LogP contribution < -0.4 is 10.1 Å². The van der Waals surface area contributed by atoms with E-state index in [1.807, 2.05) is 31.2 Å². The molecule has 4 unspecified atom stereocenters. The number of ether oxygens (including phenoxy) is 2. The third-order valence-corrected chi connectivity index (χ3v) is 11.7. The number of thiophene rings is 1. The number of nitrogens with zero attached hydrogens (tertiary/aromatic N) is 1. The second kappa shape index (κ2) is 16.0. The Morgan fingerprint density at radius 3 is 2.51 bits per heavy atom. The molecule has 264 valence electrons. The number of carbonyl (C=O) groups is 2. The Labute approximate surface area is 295 Å². The van der Waals surface area contributed by atoms with Crippen molar-refractivity contribution in [2.45, 2.75) is 89.8 Å². The quantitative estimate of drug-likeness (QED) is 0.114. The van der Waals surface area contributed by atoms with Crippen molar-refractivity contribution >= 4 is 28.8 Å². The van der Waals surface area contributed by atoms with Gasteiger partial charge < -0.3 is 29.9 Å². The molecule has 3 aliphatic carbocycles. The van der Waals surface area contributed by atoms with Crippen LogP contribution in [0.2, 0.25) is 0 Å². The monoisotopic (exact) mass is 688 g/mol. The number of aryl methyl sites for hydroxylation is 1. The largest absolute Gasteiger partial charge is 0.497 e. The number of hydrogen-bond acceptors (Lipinski definition) is 7. The third-order valence-electron chi connectivity index (χ3n) is 10.7. The van der Waals surface area contributed by atoms with Gasteiger partial charge in [-0.3, -0.25) is 4.79 Å². The lowest BCUT2D eigenvalue weighted by Gasteiger charge is -2.46. The van der Waals surface area contributed by atoms with E-state index in [9.17, 15) is 19.8 Å². The van der Waals surface area contributed by atoms with Gasteiger partial charge in [0.2, 0.25) is 5.78 Å². The highest BCUT2D eigenvalue weighted by molar-refractivity contribution is 7.14. The molecule has 1 heterocycles. The van der Waals surface area contributed by atoms with E-state index in [4.69, 9.17) is 9.47 Å². The molecule has 0 radical (unpaired) electrons. The van der Waals surface area contributed by atoms with Crippen molar-refractivity contribution in [3.05, 3.63) is 92.7 Å². The number of aliphatic hydroxyl groups is 2. The van der Waals surface area contributed by atoms with Gasteiger partial charge in [-0.05, 0) is 125 Å². The van der Waals surface area contributed by atoms with Crippen molar-refractivity contribution in [1.82, 2.24) is 4.90 Å². The van der Waals surface area contributed by atoms with Gasteiger partial charge >= 0.3 is 6.03 Å². The zero-order chi connectivity index (χ0) is 35.2. The van der Waals surface area contributed by atoms with Crippen molar-refractivity contribution < 1.29 is 29.3 Å². The average molecular weight is 689 g/mol. The van der Waals surface area contributed by atoms with Crippen molar-refractivity contribution in [2.75, 3.05) is 39.2 Å². The topological polar surface area (TPSA) is 108 Å². The van der Waals surface area contributed by atoms with E-state index in [1.165, 1.54) is 16.9 Å². The molecule has 9 heteroatoms. The fraction of sp³-hybridized carbons (Fsp3) is 0.500. The molecule has 3 aromatic rings. The van der Waals surface area contributed by atoms with E-state index < -0.39 is 17.1 Å². The zero-order valence-electron chi connectivity index (χ0n) is 29.6. The molecule has 2 aromatic carbocycles. The molecule has 3 aliphatic rings. The van der Waals surface area contributed by atoms with Crippen LogP contribution in [0.4, 0.5) is 10.5 Å². The molecule has 49 heavy (non-hydrogen) atoms. The molecule has 0 aliphatic heterocycles. The number of urea groups is 1. The highest BCUT2D eigenvalue weighted by atomic mass is 32.1. The maximum Gasteiger partial charge on any atom is 0.321 e. The van der Waals surface area contributed by atoms with Crippen LogP contribution in [0.5, 0.6) is 5.75 Å². The molecule has 3 N–H and O–H groups in total. The van der Waals surface area contributed by atoms with E-state index in [-0.39, 0.29) is 24.3 Å². The number of allylic oxidation sites excluding steroid dienone is 2. The standard InChI is InChI=1S/C40H52N2O6S/c1-27-8-6-20-39(3)35(33-17-11-29(24-31(43)14-9-27)25-34(33)37(44)36-18-10-28(2)49-36)19-21-40(39,46)26-42(22-7-23-47-4)38(45)41-30-12-15-32(48-5)16-13-30/h8,10-13,15-18,25,31,35,43,46H,6-7,9,14,19-24,26H2,1-5H3,(H,41,45). The van der Waals surface area contributed by atoms with Crippen molar-refractivity contribution in [3.8, 4) is 5.75 Å². The van der Waals surface area contributed by atoms with E-state index in [0.717, 1.165) is 28.8 Å². The fourth-order valence-corrected chi connectivity index (χ4v) is 8.55. The van der Waals surface area contributed by atoms with Gasteiger partial charge in [0.1, 0.15) is 5.75 Å². The number of nitrogens with one attached hydrogen (secondary N) is 1. The number of rotatable bonds is 10. The van der Waals surface area contributed by atoms with Crippen LogP contribution in [-0.2, 0) is 11.2 Å². The highest BCUT2D eigenvalue weighted by Gasteiger charge is 2.57. The molecule has 1 aromatic heterocycles. The first kappa shape index (κ1) is 36.8. The predicted octanol–water partition coefficient (Wildman–Crippen LogP) is 7.91. The minimum Gasteiger partial charge on any atom is -0.497 e. The number of carbonyl (C=O) groups excluding carboxylic acids is 2. The Bertz CT molecular complexity index is 1630. The second-order valence-electron chi connectivity index (χ2n) is 14.1. The summed E-state index contributed by atoms with van der Waals surface area (Å²) in [6.07, 6.45) is 6.82. The van der Waals surface area contributed by atoms with Crippen LogP contribution in [0.1, 0.15) is 96.0 Å². The summed E-state index contributed by atoms with van der Waals surface area (Å²) in [5.41, 5.74) is 2.48. The Hall–Kier alpha value is -3.50. The predicted molar refractivity (Wildman–Crippen MR) is 196 cm³/mol. The Kier molecular flexibility index (Phi) is 12.0. The van der Waals surface area contributed by atoms with Gasteiger partial charge in [-0.1, -0.05) is 30.7 Å². The number of hydrogen-bond donors (Lipinski definition) is 3. The molecule has 0 saturated heterocycles. The minimum atomic E-state index is -1.23. The maximum absolute atomic E-state index is 14.2. The van der Waals surface area contributed by atoms with Gasteiger partial charge in [-0.25, -0.2) is 4.79 Å². The van der Waals surface area contributed by atoms with Gasteiger partial charge in [0.15, 0.2) is 0 Å². The number of methoxy groups -OCH3 is 2. The molecule has 4 atom stereocenters. The van der Waals surface area contributed by atoms with Gasteiger partial charge in [0.25, 0.3) is 0 Å². The van der Waals surface area contributed by atoms with Gasteiger partial charge in [0, 0.05) is 41.8 Å². The van der Waals surface area contributed by atoms with Crippen LogP contribution in [-0.4, -0.2) is 72.5 Å². The van der Waals surface area contributed by atoms with E-state index >= 15 is 0 Å². The third kappa shape index (κ3) is 8.46. The lowest BCUT2D eigenvalue weighted by molar-refractivity contribution is -0.0767. The number of benzene rings is 2. The second-order valence-corrected chi connectivity index (χ2v) is 15.4. The number of anilines is 1. The maximum atomic E-state index is 14.2. The molecule has 0 spiro atoms. The molecule has 2 amide bonds. The van der Waals surface area contributed by atoms with Gasteiger partial charge in [-0.15, -0.1) is 11.3 Å². The van der Waals surface area contributed by atoms with Crippen molar-refractivity contribution in [3.63, 3.8) is 0 Å². The zero-order valence-corrected chi connectivity index (χ0v) is 30.4. The fourth-order valence-electron chi connectivity index (χ4n) is 7.73. The van der Waals surface area contributed by atoms with Crippen LogP contribution in [0, 0.1) is 12.3 Å². The summed E-state index contributed by atoms with van der Waals surface area (Å²) in [4.78, 5) is 31.5. The first-order chi connectivity index (χ1) is 23.5. The highest BCUT2D eigenvalue weighted by Crippen LogP contribution is 2.59. The number of amides is 2. The van der Waals surface area contributed by atoms with Crippen molar-refractivity contribution in [1.29, 1.82) is 0 Å². The molecule has 6 rings (SSSR count). The van der Waals surface area contributed by atoms with E-state index in [2.05, 4.69) is 31.3 Å². The molecule has 8 nitrogen and oxygen atoms in total. The number of fused-ring (bicyclic) bond motifs is 8. The van der Waals surface area contributed by atoms with E-state index in [0.29, 0.717) is 73.6 Å². The summed E-state index contributed by atoms with van der Waals surface area (Å²) in [7, 11) is 3.25. The molecule has 1 fully saturated rings. The molecular weight excluding hydrogens is 637 g/mol. The van der Waals surface area contributed by atoms with Crippen LogP contribution in [0.25, 0.3) is 0 Å². The van der Waals surface area contributed by atoms with E-state index in [1.54, 1.807) is 43.4 Å². The SMILES string of the molecule is COCCCN(CC1(O)CCC2c3ccc(cc3C(=O)c3ccc(C)s3)CC(O)CCC(C)=CCCC21C)C(=O)Nc1ccc(OC)cc1. The summed E-state index contributed by atoms with van der Waals surface area (Å²) >= 11 is 1.49. The summed E-state index contributed by atoms with van der Waals surface area (Å²) < 4.78 is 10.6. The first-order valence-electron chi connectivity index (χ1n) is 17.5. The van der Waals surface area contributed by atoms with Gasteiger partial charge in [0.05, 0.1) is 30.2 Å². The summed E-state index contributed by atoms with van der Waals surface area (Å²) in [6, 6.07) is 16.9. The summed E-state index contributed by atoms with van der Waals surface area (Å²) in [6.45, 7) is 7.30. The smallest absolute Gasteiger partial charge is 0.321 e. The lowest BCUT2D eigenvalue weighted by Crippen LogP contribution is -2.54. The van der Waals surface area contributed by atoms with Crippen molar-refractivity contribution in [2.24, 2.45) is 5.41 Å². The Morgan fingerprint density at radius 2 is 1.82 bits per heavy atom. The minimum absolute atomic E-state index is 0.0230. The Morgan fingerprint density at radius 1 is 1.04 bits per heavy atom. The summed E-state index contributed by atoms with van der Waals surface area (Å²) in [5.74, 6) is 0.548. The molecular formula is C40H52N2O6S. The normalized spacial score (nSPS) is 24.1. The van der Waals surface area contributed by atoms with Crippen LogP contribution in [0.3, 0.4) is 0 Å².